The van der Waals surface area contributed by atoms with E-state index in [4.69, 9.17) is 0 Å². The van der Waals surface area contributed by atoms with Crippen LogP contribution in [0.25, 0.3) is 0 Å². The van der Waals surface area contributed by atoms with Crippen LogP contribution in [0.4, 0.5) is 0 Å². The normalized spacial score (nSPS) is 12.2. The van der Waals surface area contributed by atoms with Crippen molar-refractivity contribution in [1.82, 2.24) is 0 Å². The van der Waals surface area contributed by atoms with E-state index in [0.29, 0.717) is 47.9 Å². The van der Waals surface area contributed by atoms with E-state index in [1.165, 1.54) is 22.3 Å². The Morgan fingerprint density at radius 3 is 0.479 bits per heavy atom. The zero-order chi connectivity index (χ0) is 35.5. The van der Waals surface area contributed by atoms with Crippen LogP contribution < -0.4 is 0 Å². The van der Waals surface area contributed by atoms with Crippen LogP contribution in [0.2, 0.25) is 0 Å². The van der Waals surface area contributed by atoms with E-state index in [9.17, 15) is 21.0 Å². The fraction of sp³-hybridized carbons (Fsp3) is 0.364. The van der Waals surface area contributed by atoms with Crippen LogP contribution >= 0.6 is 0 Å². The summed E-state index contributed by atoms with van der Waals surface area (Å²) >= 11 is 0. The first kappa shape index (κ1) is 34.2. The zero-order valence-corrected chi connectivity index (χ0v) is 30.6. The van der Waals surface area contributed by atoms with Crippen molar-refractivity contribution in [2.75, 3.05) is 0 Å². The maximum absolute atomic E-state index is 10.5. The Balaban J connectivity index is 2.03. The van der Waals surface area contributed by atoms with E-state index < -0.39 is 0 Å². The molecule has 4 aromatic rings. The van der Waals surface area contributed by atoms with E-state index in [1.54, 1.807) is 0 Å². The monoisotopic (exact) mass is 628 g/mol. The summed E-state index contributed by atoms with van der Waals surface area (Å²) in [6.07, 6.45) is 2.45. The molecule has 1 aliphatic carbocycles. The lowest BCUT2D eigenvalue weighted by atomic mass is 9.76. The van der Waals surface area contributed by atoms with E-state index in [1.807, 2.05) is 0 Å². The number of benzene rings is 4. The van der Waals surface area contributed by atoms with Gasteiger partial charge in [0.1, 0.15) is 0 Å². The summed E-state index contributed by atoms with van der Waals surface area (Å²) in [4.78, 5) is 0. The number of hydrogen-bond acceptors (Lipinski definition) is 4. The molecule has 4 aromatic carbocycles. The Morgan fingerprint density at radius 1 is 0.250 bits per heavy atom. The molecule has 0 aromatic heterocycles. The molecule has 0 saturated carbocycles. The minimum Gasteiger partial charge on any atom is -0.192 e. The molecule has 4 heteroatoms. The average Bonchev–Trinajstić information content (AvgIpc) is 3.04. The van der Waals surface area contributed by atoms with Gasteiger partial charge in [0.25, 0.3) is 0 Å². The summed E-state index contributed by atoms with van der Waals surface area (Å²) in [5.41, 5.74) is 24.4. The quantitative estimate of drug-likeness (QED) is 0.171. The summed E-state index contributed by atoms with van der Waals surface area (Å²) in [7, 11) is 0. The molecule has 1 aliphatic rings. The first-order chi connectivity index (χ1) is 22.7. The van der Waals surface area contributed by atoms with Crippen molar-refractivity contribution in [2.45, 2.75) is 109 Å². The van der Waals surface area contributed by atoms with Crippen molar-refractivity contribution in [3.63, 3.8) is 0 Å². The maximum atomic E-state index is 10.5. The summed E-state index contributed by atoms with van der Waals surface area (Å²) in [6, 6.07) is 10.1. The Hall–Kier alpha value is -5.16. The third kappa shape index (κ3) is 4.92. The van der Waals surface area contributed by atoms with Crippen molar-refractivity contribution in [2.24, 2.45) is 0 Å². The van der Waals surface area contributed by atoms with Gasteiger partial charge in [-0.3, -0.25) is 0 Å². The lowest BCUT2D eigenvalue weighted by Crippen LogP contribution is -2.15. The predicted molar refractivity (Wildman–Crippen MR) is 193 cm³/mol. The predicted octanol–water partition coefficient (Wildman–Crippen LogP) is 9.55. The van der Waals surface area contributed by atoms with Gasteiger partial charge in [-0.15, -0.1) is 0 Å². The first-order valence-electron chi connectivity index (χ1n) is 16.7. The third-order valence-corrected chi connectivity index (χ3v) is 12.1. The molecule has 0 saturated heterocycles. The smallest absolute Gasteiger partial charge is 0.0997 e. The Labute approximate surface area is 286 Å². The number of nitriles is 4. The highest BCUT2D eigenvalue weighted by molar-refractivity contribution is 5.66. The molecule has 5 rings (SSSR count). The van der Waals surface area contributed by atoms with Gasteiger partial charge in [0, 0.05) is 0 Å². The van der Waals surface area contributed by atoms with Gasteiger partial charge in [-0.1, -0.05) is 0 Å². The molecule has 240 valence electrons. The highest BCUT2D eigenvalue weighted by Gasteiger charge is 2.27. The molecule has 0 unspecified atom stereocenters. The molecule has 4 nitrogen and oxygen atoms in total. The Kier molecular flexibility index (Phi) is 8.87. The third-order valence-electron chi connectivity index (χ3n) is 12.1. The molecule has 0 fully saturated rings. The van der Waals surface area contributed by atoms with Crippen LogP contribution in [0.15, 0.2) is 0 Å². The highest BCUT2D eigenvalue weighted by atomic mass is 14.3. The highest BCUT2D eigenvalue weighted by Crippen LogP contribution is 2.40. The first-order valence-corrected chi connectivity index (χ1v) is 16.7. The van der Waals surface area contributed by atoms with Crippen molar-refractivity contribution in [1.29, 1.82) is 21.0 Å². The maximum Gasteiger partial charge on any atom is 0.0997 e. The average molecular weight is 629 g/mol. The summed E-state index contributed by atoms with van der Waals surface area (Å²) in [6.45, 7) is 25.1. The van der Waals surface area contributed by atoms with Gasteiger partial charge in [0.05, 0.1) is 46.5 Å². The summed E-state index contributed by atoms with van der Waals surface area (Å²) < 4.78 is 0. The summed E-state index contributed by atoms with van der Waals surface area (Å²) in [5, 5.41) is 41.9. The van der Waals surface area contributed by atoms with Crippen LogP contribution in [0.3, 0.4) is 0 Å². The van der Waals surface area contributed by atoms with Gasteiger partial charge >= 0.3 is 0 Å². The van der Waals surface area contributed by atoms with Gasteiger partial charge in [-0.05, 0) is 220 Å². The topological polar surface area (TPSA) is 95.2 Å². The van der Waals surface area contributed by atoms with Crippen LogP contribution in [-0.2, 0) is 25.7 Å². The van der Waals surface area contributed by atoms with Gasteiger partial charge in [-0.2, -0.15) is 21.0 Å². The Morgan fingerprint density at radius 2 is 0.375 bits per heavy atom. The van der Waals surface area contributed by atoms with E-state index in [0.717, 1.165) is 89.0 Å². The van der Waals surface area contributed by atoms with Crippen molar-refractivity contribution in [3.8, 4) is 24.3 Å². The van der Waals surface area contributed by atoms with Crippen LogP contribution in [0, 0.1) is 128 Å². The van der Waals surface area contributed by atoms with Gasteiger partial charge in [0.2, 0.25) is 0 Å². The molecule has 0 spiro atoms. The largest absolute Gasteiger partial charge is 0.192 e. The van der Waals surface area contributed by atoms with Crippen molar-refractivity contribution in [3.05, 3.63) is 134 Å². The van der Waals surface area contributed by atoms with Gasteiger partial charge in [-0.25, -0.2) is 0 Å². The molecule has 0 radical (unpaired) electrons. The number of rotatable bonds is 0. The Bertz CT molecular complexity index is 1840. The molecule has 0 N–H and O–H groups in total. The van der Waals surface area contributed by atoms with E-state index >= 15 is 0 Å². The molecular formula is C44H44N4. The molecule has 0 amide bonds. The molecule has 0 heterocycles. The fourth-order valence-corrected chi connectivity index (χ4v) is 8.81. The number of hydrogen-bond donors (Lipinski definition) is 0. The minimum atomic E-state index is 0.611. The van der Waals surface area contributed by atoms with Crippen LogP contribution in [0.1, 0.15) is 134 Å². The second-order valence-electron chi connectivity index (χ2n) is 14.0. The van der Waals surface area contributed by atoms with Crippen LogP contribution in [-0.4, -0.2) is 0 Å². The lowest BCUT2D eigenvalue weighted by Gasteiger charge is -2.27. The number of fused-ring (bicyclic) bond motifs is 8. The second kappa shape index (κ2) is 12.5. The molecule has 0 aliphatic heterocycles. The number of nitrogens with zero attached hydrogens (tertiary/aromatic N) is 4. The zero-order valence-electron chi connectivity index (χ0n) is 30.6. The van der Waals surface area contributed by atoms with Crippen LogP contribution in [0.5, 0.6) is 0 Å². The van der Waals surface area contributed by atoms with Crippen molar-refractivity contribution < 1.29 is 0 Å². The minimum absolute atomic E-state index is 0.611. The molecule has 8 bridgehead atoms. The standard InChI is InChI=1S/C44H44N4/c1-21-33-13-35-22(2)37(29(9)42(18-46)27(35)7)15-39-24(4)40(32(12)44(20-48)31(39)11)16-38-23(3)36(28(8)43(19-47)30(38)10)14-34(21)26(6)41(17-45)25(33)5/h13-16H2,1-12H3. The molecular weight excluding hydrogens is 585 g/mol. The van der Waals surface area contributed by atoms with E-state index in [-0.39, 0.29) is 0 Å². The van der Waals surface area contributed by atoms with E-state index in [2.05, 4.69) is 107 Å². The summed E-state index contributed by atoms with van der Waals surface area (Å²) in [5.74, 6) is 0. The van der Waals surface area contributed by atoms with Gasteiger partial charge in [0.15, 0.2) is 0 Å². The molecule has 48 heavy (non-hydrogen) atoms. The SMILES string of the molecule is Cc1c(C#N)c(C)c2c(C)c1Cc1c(C)c(C#N)c(C)c(c1C)Cc1c(C)c(C#N)c(C)c(c1C)Cc1c(C)c(C#N)c(C)c(c1C)C2. The lowest BCUT2D eigenvalue weighted by molar-refractivity contribution is 0.963. The second-order valence-corrected chi connectivity index (χ2v) is 14.0. The van der Waals surface area contributed by atoms with Gasteiger partial charge < -0.3 is 0 Å². The fourth-order valence-electron chi connectivity index (χ4n) is 8.81. The molecule has 0 atom stereocenters. The van der Waals surface area contributed by atoms with Crippen molar-refractivity contribution >= 4 is 0 Å².